The summed E-state index contributed by atoms with van der Waals surface area (Å²) in [6.07, 6.45) is 15.1. The topological polar surface area (TPSA) is 119 Å². The number of hydrogen-bond donors (Lipinski definition) is 2. The van der Waals surface area contributed by atoms with Gasteiger partial charge in [0.05, 0.1) is 32.2 Å². The highest BCUT2D eigenvalue weighted by molar-refractivity contribution is 6.31. The summed E-state index contributed by atoms with van der Waals surface area (Å²) in [7, 11) is 1.48. The van der Waals surface area contributed by atoms with E-state index in [0.717, 1.165) is 25.7 Å². The van der Waals surface area contributed by atoms with E-state index in [1.807, 2.05) is 6.92 Å². The predicted molar refractivity (Wildman–Crippen MR) is 134 cm³/mol. The largest absolute Gasteiger partial charge is 0.481 e. The van der Waals surface area contributed by atoms with Crippen LogP contribution in [0.1, 0.15) is 43.0 Å². The molecule has 1 aliphatic rings. The van der Waals surface area contributed by atoms with Crippen molar-refractivity contribution < 1.29 is 14.6 Å². The number of hydrogen-bond acceptors (Lipinski definition) is 7. The molecule has 1 aliphatic carbocycles. The van der Waals surface area contributed by atoms with Gasteiger partial charge in [-0.25, -0.2) is 9.50 Å². The van der Waals surface area contributed by atoms with Crippen molar-refractivity contribution in [2.75, 3.05) is 12.4 Å². The number of fused-ring (bicyclic) bond motifs is 1. The van der Waals surface area contributed by atoms with Crippen LogP contribution in [0.2, 0.25) is 0 Å². The molecule has 10 nitrogen and oxygen atoms in total. The van der Waals surface area contributed by atoms with Crippen molar-refractivity contribution in [3.05, 3.63) is 59.7 Å². The molecule has 0 spiro atoms. The van der Waals surface area contributed by atoms with Crippen molar-refractivity contribution in [1.82, 2.24) is 24.4 Å². The molecular weight excluding hydrogens is 470 g/mol. The van der Waals surface area contributed by atoms with E-state index in [9.17, 15) is 9.90 Å². The number of aromatic nitrogens is 5. The van der Waals surface area contributed by atoms with Crippen LogP contribution < -0.4 is 5.32 Å². The molecule has 1 fully saturated rings. The molecule has 0 unspecified atom stereocenters. The van der Waals surface area contributed by atoms with Gasteiger partial charge in [0.1, 0.15) is 11.3 Å². The van der Waals surface area contributed by atoms with Gasteiger partial charge < -0.3 is 15.2 Å². The maximum absolute atomic E-state index is 13.1. The van der Waals surface area contributed by atoms with Crippen LogP contribution in [-0.2, 0) is 11.3 Å². The smallest absolute Gasteiger partial charge is 0.261 e. The SMILES string of the molecule is C\C=C(Cl)/C=C\C(=N\c1nn(C[C@@H](O)C2CCCC2)cc1NC(=O)c1cnn2cccnc12)OC. The molecular formula is C24H28ClN7O3. The second kappa shape index (κ2) is 11.3. The van der Waals surface area contributed by atoms with E-state index in [1.54, 1.807) is 47.6 Å². The molecule has 0 aliphatic heterocycles. The lowest BCUT2D eigenvalue weighted by Gasteiger charge is -2.17. The van der Waals surface area contributed by atoms with E-state index in [2.05, 4.69) is 25.5 Å². The number of carbonyl (C=O) groups excluding carboxylic acids is 1. The Balaban J connectivity index is 1.63. The Morgan fingerprint density at radius 3 is 2.94 bits per heavy atom. The molecule has 1 saturated carbocycles. The molecule has 3 aromatic rings. The standard InChI is InChI=1S/C24H28ClN7O3/c1-3-17(25)9-10-21(35-2)29-22-19(14-31(30-22)15-20(33)16-7-4-5-8-16)28-24(34)18-13-27-32-12-6-11-26-23(18)32/h3,6,9-14,16,20,33H,4-5,7-8,15H2,1-2H3,(H,28,34)/b10-9-,17-3+,29-21-/t20-/m1/s1. The lowest BCUT2D eigenvalue weighted by atomic mass is 10.0. The molecule has 4 rings (SSSR count). The third-order valence-corrected chi connectivity index (χ3v) is 6.26. The van der Waals surface area contributed by atoms with E-state index in [-0.39, 0.29) is 17.6 Å². The van der Waals surface area contributed by atoms with Crippen LogP contribution >= 0.6 is 11.6 Å². The second-order valence-corrected chi connectivity index (χ2v) is 8.70. The van der Waals surface area contributed by atoms with Gasteiger partial charge in [0.25, 0.3) is 5.91 Å². The number of halogens is 1. The maximum atomic E-state index is 13.1. The highest BCUT2D eigenvalue weighted by Gasteiger charge is 2.25. The fraction of sp³-hybridized carbons (Fsp3) is 0.375. The second-order valence-electron chi connectivity index (χ2n) is 8.26. The summed E-state index contributed by atoms with van der Waals surface area (Å²) >= 11 is 6.04. The fourth-order valence-electron chi connectivity index (χ4n) is 4.04. The third-order valence-electron chi connectivity index (χ3n) is 5.92. The van der Waals surface area contributed by atoms with Crippen molar-refractivity contribution in [3.8, 4) is 0 Å². The summed E-state index contributed by atoms with van der Waals surface area (Å²) in [5, 5.41) is 22.7. The van der Waals surface area contributed by atoms with Gasteiger partial charge >= 0.3 is 0 Å². The molecule has 1 atom stereocenters. The molecule has 0 radical (unpaired) electrons. The number of amides is 1. The van der Waals surface area contributed by atoms with Crippen LogP contribution in [-0.4, -0.2) is 54.5 Å². The van der Waals surface area contributed by atoms with Crippen LogP contribution in [0.3, 0.4) is 0 Å². The summed E-state index contributed by atoms with van der Waals surface area (Å²) < 4.78 is 8.47. The normalized spacial score (nSPS) is 16.3. The zero-order valence-electron chi connectivity index (χ0n) is 19.6. The number of anilines is 1. The summed E-state index contributed by atoms with van der Waals surface area (Å²) in [5.74, 6) is 0.325. The molecule has 1 amide bonds. The predicted octanol–water partition coefficient (Wildman–Crippen LogP) is 4.10. The molecule has 11 heteroatoms. The Hall–Kier alpha value is -3.50. The molecule has 0 saturated heterocycles. The van der Waals surface area contributed by atoms with Crippen LogP contribution in [0, 0.1) is 5.92 Å². The zero-order valence-corrected chi connectivity index (χ0v) is 20.4. The van der Waals surface area contributed by atoms with Gasteiger partial charge in [0, 0.05) is 23.5 Å². The number of aliphatic hydroxyl groups excluding tert-OH is 1. The zero-order chi connectivity index (χ0) is 24.8. The highest BCUT2D eigenvalue weighted by Crippen LogP contribution is 2.30. The van der Waals surface area contributed by atoms with Crippen molar-refractivity contribution in [1.29, 1.82) is 0 Å². The highest BCUT2D eigenvalue weighted by atomic mass is 35.5. The lowest BCUT2D eigenvalue weighted by molar-refractivity contribution is 0.0895. The first-order valence-electron chi connectivity index (χ1n) is 11.5. The molecule has 184 valence electrons. The summed E-state index contributed by atoms with van der Waals surface area (Å²) in [5.41, 5.74) is 1.11. The summed E-state index contributed by atoms with van der Waals surface area (Å²) in [4.78, 5) is 21.8. The minimum Gasteiger partial charge on any atom is -0.481 e. The number of carbonyl (C=O) groups is 1. The minimum absolute atomic E-state index is 0.236. The average Bonchev–Trinajstić information content (AvgIpc) is 3.61. The Kier molecular flexibility index (Phi) is 7.94. The van der Waals surface area contributed by atoms with Crippen LogP contribution in [0.5, 0.6) is 0 Å². The number of aliphatic imine (C=N–C) groups is 1. The first-order valence-corrected chi connectivity index (χ1v) is 11.8. The van der Waals surface area contributed by atoms with Gasteiger partial charge in [-0.05, 0) is 37.8 Å². The van der Waals surface area contributed by atoms with Crippen molar-refractivity contribution in [2.45, 2.75) is 45.3 Å². The first kappa shape index (κ1) is 24.6. The number of allylic oxidation sites excluding steroid dienone is 3. The Bertz CT molecular complexity index is 1270. The van der Waals surface area contributed by atoms with Crippen molar-refractivity contribution in [2.24, 2.45) is 10.9 Å². The first-order chi connectivity index (χ1) is 17.0. The van der Waals surface area contributed by atoms with Crippen LogP contribution in [0.15, 0.2) is 59.1 Å². The van der Waals surface area contributed by atoms with E-state index in [1.165, 1.54) is 17.8 Å². The number of aliphatic hydroxyl groups is 1. The van der Waals surface area contributed by atoms with Gasteiger partial charge in [0.2, 0.25) is 11.7 Å². The maximum Gasteiger partial charge on any atom is 0.261 e. The van der Waals surface area contributed by atoms with E-state index >= 15 is 0 Å². The fourth-order valence-corrected chi connectivity index (χ4v) is 4.10. The van der Waals surface area contributed by atoms with Crippen molar-refractivity contribution >= 4 is 40.6 Å². The Labute approximate surface area is 208 Å². The molecule has 3 aromatic heterocycles. The van der Waals surface area contributed by atoms with Gasteiger partial charge in [-0.3, -0.25) is 9.48 Å². The van der Waals surface area contributed by atoms with Gasteiger partial charge in [-0.15, -0.1) is 0 Å². The van der Waals surface area contributed by atoms with E-state index < -0.39 is 12.0 Å². The van der Waals surface area contributed by atoms with Crippen LogP contribution in [0.25, 0.3) is 5.65 Å². The van der Waals surface area contributed by atoms with E-state index in [4.69, 9.17) is 16.3 Å². The Morgan fingerprint density at radius 2 is 2.20 bits per heavy atom. The molecule has 2 N–H and O–H groups in total. The van der Waals surface area contributed by atoms with E-state index in [0.29, 0.717) is 28.5 Å². The number of nitrogens with one attached hydrogen (secondary N) is 1. The lowest BCUT2D eigenvalue weighted by Crippen LogP contribution is -2.24. The number of methoxy groups -OCH3 is 1. The number of ether oxygens (including phenoxy) is 1. The van der Waals surface area contributed by atoms with Gasteiger partial charge in [-0.2, -0.15) is 15.2 Å². The number of nitrogens with zero attached hydrogens (tertiary/aromatic N) is 6. The summed E-state index contributed by atoms with van der Waals surface area (Å²) in [6.45, 7) is 2.11. The third kappa shape index (κ3) is 5.95. The Morgan fingerprint density at radius 1 is 1.40 bits per heavy atom. The van der Waals surface area contributed by atoms with Gasteiger partial charge in [-0.1, -0.05) is 30.5 Å². The average molecular weight is 498 g/mol. The van der Waals surface area contributed by atoms with Gasteiger partial charge in [0.15, 0.2) is 5.65 Å². The minimum atomic E-state index is -0.531. The van der Waals surface area contributed by atoms with Crippen LogP contribution in [0.4, 0.5) is 11.5 Å². The summed E-state index contributed by atoms with van der Waals surface area (Å²) in [6, 6.07) is 1.73. The number of rotatable bonds is 8. The van der Waals surface area contributed by atoms with Crippen molar-refractivity contribution in [3.63, 3.8) is 0 Å². The molecule has 3 heterocycles. The molecule has 35 heavy (non-hydrogen) atoms. The molecule has 0 aromatic carbocycles. The molecule has 0 bridgehead atoms. The quantitative estimate of drug-likeness (QED) is 0.274. The monoisotopic (exact) mass is 497 g/mol.